The van der Waals surface area contributed by atoms with Crippen LogP contribution in [0.4, 0.5) is 0 Å². The van der Waals surface area contributed by atoms with Gasteiger partial charge in [0, 0.05) is 0 Å². The first-order valence-corrected chi connectivity index (χ1v) is 6.01. The molecule has 1 aliphatic rings. The second-order valence-electron chi connectivity index (χ2n) is 3.53. The molecule has 5 heteroatoms. The van der Waals surface area contributed by atoms with Crippen LogP contribution in [0.3, 0.4) is 0 Å². The highest BCUT2D eigenvalue weighted by atomic mass is 32.2. The Morgan fingerprint density at radius 2 is 1.69 bits per heavy atom. The highest BCUT2D eigenvalue weighted by molar-refractivity contribution is 8.00. The molecule has 0 saturated carbocycles. The van der Waals surface area contributed by atoms with Gasteiger partial charge in [0.2, 0.25) is 11.8 Å². The third-order valence-corrected chi connectivity index (χ3v) is 3.23. The Hall–Kier alpha value is -1.49. The van der Waals surface area contributed by atoms with E-state index in [2.05, 4.69) is 0 Å². The molecule has 1 N–H and O–H groups in total. The minimum Gasteiger partial charge on any atom is -0.508 e. The molecule has 0 atom stereocenters. The number of phenolic OH excluding ortho intramolecular Hbond substituents is 1. The molecule has 84 valence electrons. The summed E-state index contributed by atoms with van der Waals surface area (Å²) < 4.78 is 0. The lowest BCUT2D eigenvalue weighted by atomic mass is 10.2. The van der Waals surface area contributed by atoms with Gasteiger partial charge in [-0.25, -0.2) is 0 Å². The second-order valence-corrected chi connectivity index (χ2v) is 4.52. The highest BCUT2D eigenvalue weighted by Crippen LogP contribution is 2.17. The van der Waals surface area contributed by atoms with Crippen LogP contribution in [0.5, 0.6) is 5.75 Å². The van der Waals surface area contributed by atoms with E-state index in [1.165, 1.54) is 16.7 Å². The summed E-state index contributed by atoms with van der Waals surface area (Å²) in [6.07, 6.45) is 0. The zero-order valence-electron chi connectivity index (χ0n) is 8.55. The Morgan fingerprint density at radius 3 is 2.25 bits per heavy atom. The molecular weight excluding hydrogens is 226 g/mol. The zero-order chi connectivity index (χ0) is 11.5. The molecule has 2 rings (SSSR count). The second kappa shape index (κ2) is 4.57. The van der Waals surface area contributed by atoms with Crippen LogP contribution in [0, 0.1) is 0 Å². The fraction of sp³-hybridized carbons (Fsp3) is 0.273. The summed E-state index contributed by atoms with van der Waals surface area (Å²) in [7, 11) is 0. The summed E-state index contributed by atoms with van der Waals surface area (Å²) in [4.78, 5) is 24.3. The Labute approximate surface area is 97.3 Å². The van der Waals surface area contributed by atoms with Crippen molar-refractivity contribution >= 4 is 23.6 Å². The van der Waals surface area contributed by atoms with Crippen molar-refractivity contribution in [1.29, 1.82) is 0 Å². The van der Waals surface area contributed by atoms with Crippen LogP contribution < -0.4 is 0 Å². The Balaban J connectivity index is 2.10. The van der Waals surface area contributed by atoms with E-state index in [9.17, 15) is 9.59 Å². The van der Waals surface area contributed by atoms with E-state index in [4.69, 9.17) is 5.11 Å². The topological polar surface area (TPSA) is 57.6 Å². The molecule has 0 aliphatic carbocycles. The molecule has 1 aliphatic heterocycles. The van der Waals surface area contributed by atoms with Crippen molar-refractivity contribution in [1.82, 2.24) is 4.90 Å². The van der Waals surface area contributed by atoms with Crippen molar-refractivity contribution in [3.8, 4) is 5.75 Å². The third-order valence-electron chi connectivity index (χ3n) is 2.33. The number of rotatable bonds is 2. The van der Waals surface area contributed by atoms with Gasteiger partial charge < -0.3 is 5.11 Å². The molecule has 2 amide bonds. The first-order valence-electron chi connectivity index (χ1n) is 4.85. The average molecular weight is 237 g/mol. The molecule has 0 radical (unpaired) electrons. The lowest BCUT2D eigenvalue weighted by Gasteiger charge is -2.24. The van der Waals surface area contributed by atoms with Gasteiger partial charge in [0.25, 0.3) is 0 Å². The number of hydrogen-bond donors (Lipinski definition) is 1. The maximum atomic E-state index is 11.5. The number of benzene rings is 1. The van der Waals surface area contributed by atoms with Crippen molar-refractivity contribution in [2.24, 2.45) is 0 Å². The molecule has 1 saturated heterocycles. The molecule has 1 heterocycles. The Morgan fingerprint density at radius 1 is 1.12 bits per heavy atom. The van der Waals surface area contributed by atoms with Crippen LogP contribution in [-0.4, -0.2) is 33.3 Å². The van der Waals surface area contributed by atoms with Gasteiger partial charge in [-0.1, -0.05) is 12.1 Å². The normalized spacial score (nSPS) is 16.6. The quantitative estimate of drug-likeness (QED) is 0.779. The van der Waals surface area contributed by atoms with Gasteiger partial charge in [0.05, 0.1) is 18.1 Å². The number of thioether (sulfide) groups is 1. The van der Waals surface area contributed by atoms with Gasteiger partial charge in [-0.2, -0.15) is 0 Å². The summed E-state index contributed by atoms with van der Waals surface area (Å²) in [6, 6.07) is 6.50. The molecule has 0 spiro atoms. The van der Waals surface area contributed by atoms with Crippen LogP contribution >= 0.6 is 11.8 Å². The summed E-state index contributed by atoms with van der Waals surface area (Å²) in [6.45, 7) is 0.290. The van der Waals surface area contributed by atoms with Crippen LogP contribution in [0.2, 0.25) is 0 Å². The smallest absolute Gasteiger partial charge is 0.239 e. The van der Waals surface area contributed by atoms with Gasteiger partial charge in [-0.15, -0.1) is 11.8 Å². The van der Waals surface area contributed by atoms with E-state index in [-0.39, 0.29) is 17.6 Å². The van der Waals surface area contributed by atoms with Crippen LogP contribution in [-0.2, 0) is 16.1 Å². The van der Waals surface area contributed by atoms with Gasteiger partial charge in [0.1, 0.15) is 5.75 Å². The molecule has 0 bridgehead atoms. The predicted octanol–water partition coefficient (Wildman–Crippen LogP) is 0.994. The molecule has 16 heavy (non-hydrogen) atoms. The lowest BCUT2D eigenvalue weighted by molar-refractivity contribution is -0.142. The average Bonchev–Trinajstić information content (AvgIpc) is 2.26. The number of carbonyl (C=O) groups excluding carboxylic acids is 2. The number of aromatic hydroxyl groups is 1. The highest BCUT2D eigenvalue weighted by Gasteiger charge is 2.26. The number of carbonyl (C=O) groups is 2. The molecule has 4 nitrogen and oxygen atoms in total. The fourth-order valence-electron chi connectivity index (χ4n) is 1.48. The van der Waals surface area contributed by atoms with Crippen molar-refractivity contribution in [2.45, 2.75) is 6.54 Å². The van der Waals surface area contributed by atoms with Crippen molar-refractivity contribution in [3.63, 3.8) is 0 Å². The third kappa shape index (κ3) is 2.36. The van der Waals surface area contributed by atoms with E-state index in [1.54, 1.807) is 24.3 Å². The standard InChI is InChI=1S/C11H11NO3S/c13-9-3-1-8(2-4-9)5-12-10(14)6-16-7-11(12)15/h1-4,13H,5-7H2. The summed E-state index contributed by atoms with van der Waals surface area (Å²) in [5.74, 6) is 0.618. The zero-order valence-corrected chi connectivity index (χ0v) is 9.37. The summed E-state index contributed by atoms with van der Waals surface area (Å²) in [5.41, 5.74) is 0.839. The predicted molar refractivity (Wildman–Crippen MR) is 61.0 cm³/mol. The summed E-state index contributed by atoms with van der Waals surface area (Å²) >= 11 is 1.35. The van der Waals surface area contributed by atoms with E-state index in [0.717, 1.165) is 5.56 Å². The van der Waals surface area contributed by atoms with E-state index >= 15 is 0 Å². The van der Waals surface area contributed by atoms with Crippen LogP contribution in [0.25, 0.3) is 0 Å². The van der Waals surface area contributed by atoms with Crippen molar-refractivity contribution < 1.29 is 14.7 Å². The number of hydrogen-bond acceptors (Lipinski definition) is 4. The maximum absolute atomic E-state index is 11.5. The van der Waals surface area contributed by atoms with E-state index < -0.39 is 0 Å². The molecule has 1 fully saturated rings. The number of amides is 2. The Kier molecular flexibility index (Phi) is 3.14. The first kappa shape index (κ1) is 11.0. The minimum absolute atomic E-state index is 0.144. The van der Waals surface area contributed by atoms with E-state index in [0.29, 0.717) is 18.1 Å². The van der Waals surface area contributed by atoms with Gasteiger partial charge in [0.15, 0.2) is 0 Å². The molecule has 1 aromatic rings. The lowest BCUT2D eigenvalue weighted by Crippen LogP contribution is -2.42. The molecule has 0 aromatic heterocycles. The van der Waals surface area contributed by atoms with Gasteiger partial charge in [-0.3, -0.25) is 14.5 Å². The summed E-state index contributed by atoms with van der Waals surface area (Å²) in [5, 5.41) is 9.12. The van der Waals surface area contributed by atoms with E-state index in [1.807, 2.05) is 0 Å². The largest absolute Gasteiger partial charge is 0.508 e. The Bertz CT molecular complexity index is 400. The monoisotopic (exact) mass is 237 g/mol. The molecular formula is C11H11NO3S. The van der Waals surface area contributed by atoms with Crippen molar-refractivity contribution in [2.75, 3.05) is 11.5 Å². The number of nitrogens with zero attached hydrogens (tertiary/aromatic N) is 1. The van der Waals surface area contributed by atoms with Gasteiger partial charge in [-0.05, 0) is 17.7 Å². The SMILES string of the molecule is O=C1CSCC(=O)N1Cc1ccc(O)cc1. The number of imide groups is 1. The van der Waals surface area contributed by atoms with Crippen LogP contribution in [0.1, 0.15) is 5.56 Å². The number of phenols is 1. The van der Waals surface area contributed by atoms with Crippen molar-refractivity contribution in [3.05, 3.63) is 29.8 Å². The van der Waals surface area contributed by atoms with Gasteiger partial charge >= 0.3 is 0 Å². The molecule has 1 aromatic carbocycles. The fourth-order valence-corrected chi connectivity index (χ4v) is 2.24. The first-order chi connectivity index (χ1) is 7.66. The minimum atomic E-state index is -0.144. The maximum Gasteiger partial charge on any atom is 0.239 e. The molecule has 0 unspecified atom stereocenters. The van der Waals surface area contributed by atoms with Crippen LogP contribution in [0.15, 0.2) is 24.3 Å².